The zero-order valence-corrected chi connectivity index (χ0v) is 32.7. The quantitative estimate of drug-likeness (QED) is 0.0245. The fourth-order valence-electron chi connectivity index (χ4n) is 4.93. The first-order valence-corrected chi connectivity index (χ1v) is 21.1. The van der Waals surface area contributed by atoms with Gasteiger partial charge in [0.25, 0.3) is 0 Å². The second-order valence-electron chi connectivity index (χ2n) is 12.9. The van der Waals surface area contributed by atoms with E-state index >= 15 is 0 Å². The molecule has 3 unspecified atom stereocenters. The van der Waals surface area contributed by atoms with Crippen LogP contribution in [0.2, 0.25) is 0 Å². The predicted octanol–water partition coefficient (Wildman–Crippen LogP) is 9.77. The molecule has 0 saturated carbocycles. The van der Waals surface area contributed by atoms with Crippen molar-refractivity contribution in [3.63, 3.8) is 0 Å². The van der Waals surface area contributed by atoms with Crippen LogP contribution < -0.4 is 0 Å². The SMILES string of the molecule is CC/C=C\C/C=C\C/C=C\CCCCCCCCCC(=O)OC(COC(=O)CCCCCCC/C=C\CCCC)COP(=O)(O)OCC(O)CO. The van der Waals surface area contributed by atoms with Crippen LogP contribution in [0.4, 0.5) is 0 Å². The first-order valence-electron chi connectivity index (χ1n) is 19.6. The molecular weight excluding hydrogens is 671 g/mol. The van der Waals surface area contributed by atoms with Crippen LogP contribution in [0.5, 0.6) is 0 Å². The van der Waals surface area contributed by atoms with Crippen molar-refractivity contribution < 1.29 is 47.8 Å². The fourth-order valence-corrected chi connectivity index (χ4v) is 5.72. The smallest absolute Gasteiger partial charge is 0.462 e. The number of aliphatic hydroxyl groups is 2. The van der Waals surface area contributed by atoms with E-state index < -0.39 is 51.8 Å². The lowest BCUT2D eigenvalue weighted by Crippen LogP contribution is -2.29. The third-order valence-electron chi connectivity index (χ3n) is 7.97. The van der Waals surface area contributed by atoms with Gasteiger partial charge in [-0.3, -0.25) is 18.6 Å². The summed E-state index contributed by atoms with van der Waals surface area (Å²) in [5.41, 5.74) is 0. The summed E-state index contributed by atoms with van der Waals surface area (Å²) in [6, 6.07) is 0. The molecule has 0 aliphatic heterocycles. The Hall–Kier alpha value is -2.07. The standard InChI is InChI=1S/C40H71O10P/c1-3-5-7-9-11-13-15-16-17-18-19-20-22-24-26-28-30-32-40(44)50-38(36-49-51(45,46)48-34-37(42)33-41)35-47-39(43)31-29-27-25-23-21-14-12-10-8-6-4-2/h5,7,10-13,16-17,37-38,41-42H,3-4,6,8-9,14-15,18-36H2,1-2H3,(H,45,46)/b7-5-,12-10-,13-11-,17-16-. The van der Waals surface area contributed by atoms with Crippen LogP contribution in [0.25, 0.3) is 0 Å². The fraction of sp³-hybridized carbons (Fsp3) is 0.750. The van der Waals surface area contributed by atoms with E-state index in [0.717, 1.165) is 89.9 Å². The molecule has 0 amide bonds. The van der Waals surface area contributed by atoms with Gasteiger partial charge in [0.05, 0.1) is 19.8 Å². The van der Waals surface area contributed by atoms with Crippen LogP contribution in [0, 0.1) is 0 Å². The van der Waals surface area contributed by atoms with Crippen LogP contribution >= 0.6 is 7.82 Å². The first kappa shape index (κ1) is 48.9. The number of hydrogen-bond acceptors (Lipinski definition) is 9. The Morgan fingerprint density at radius 2 is 1.08 bits per heavy atom. The maximum absolute atomic E-state index is 12.6. The average molecular weight is 743 g/mol. The molecule has 0 radical (unpaired) electrons. The number of carbonyl (C=O) groups is 2. The summed E-state index contributed by atoms with van der Waals surface area (Å²) in [6.45, 7) is 2.19. The zero-order valence-electron chi connectivity index (χ0n) is 31.8. The van der Waals surface area contributed by atoms with Gasteiger partial charge in [0.15, 0.2) is 6.10 Å². The van der Waals surface area contributed by atoms with Gasteiger partial charge in [-0.2, -0.15) is 0 Å². The van der Waals surface area contributed by atoms with Crippen molar-refractivity contribution in [3.8, 4) is 0 Å². The highest BCUT2D eigenvalue weighted by Gasteiger charge is 2.27. The molecule has 0 rings (SSSR count). The Morgan fingerprint density at radius 3 is 1.65 bits per heavy atom. The van der Waals surface area contributed by atoms with Crippen LogP contribution in [0.3, 0.4) is 0 Å². The number of esters is 2. The Labute approximate surface area is 309 Å². The van der Waals surface area contributed by atoms with Gasteiger partial charge in [0.2, 0.25) is 0 Å². The van der Waals surface area contributed by atoms with Gasteiger partial charge >= 0.3 is 19.8 Å². The Kier molecular flexibility index (Phi) is 34.8. The maximum Gasteiger partial charge on any atom is 0.472 e. The Morgan fingerprint density at radius 1 is 0.608 bits per heavy atom. The van der Waals surface area contributed by atoms with Crippen LogP contribution in [-0.2, 0) is 32.7 Å². The average Bonchev–Trinajstić information content (AvgIpc) is 3.12. The predicted molar refractivity (Wildman–Crippen MR) is 205 cm³/mol. The number of hydrogen-bond donors (Lipinski definition) is 3. The number of carbonyl (C=O) groups excluding carboxylic acids is 2. The second-order valence-corrected chi connectivity index (χ2v) is 14.4. The van der Waals surface area contributed by atoms with Crippen LogP contribution in [-0.4, -0.2) is 65.7 Å². The first-order chi connectivity index (χ1) is 24.7. The third kappa shape index (κ3) is 36.1. The summed E-state index contributed by atoms with van der Waals surface area (Å²) in [6.07, 6.45) is 36.5. The molecule has 0 spiro atoms. The lowest BCUT2D eigenvalue weighted by molar-refractivity contribution is -0.161. The van der Waals surface area contributed by atoms with E-state index in [4.69, 9.17) is 19.1 Å². The highest BCUT2D eigenvalue weighted by atomic mass is 31.2. The monoisotopic (exact) mass is 742 g/mol. The van der Waals surface area contributed by atoms with Crippen LogP contribution in [0.1, 0.15) is 155 Å². The summed E-state index contributed by atoms with van der Waals surface area (Å²) in [7, 11) is -4.62. The second kappa shape index (κ2) is 36.3. The number of phosphoric ester groups is 1. The number of aliphatic hydroxyl groups excluding tert-OH is 2. The molecule has 10 nitrogen and oxygen atoms in total. The van der Waals surface area contributed by atoms with Crippen LogP contribution in [0.15, 0.2) is 48.6 Å². The minimum atomic E-state index is -4.62. The Balaban J connectivity index is 4.37. The van der Waals surface area contributed by atoms with Crippen molar-refractivity contribution in [2.75, 3.05) is 26.4 Å². The summed E-state index contributed by atoms with van der Waals surface area (Å²) in [4.78, 5) is 34.8. The van der Waals surface area contributed by atoms with Crippen molar-refractivity contribution in [1.82, 2.24) is 0 Å². The van der Waals surface area contributed by atoms with Gasteiger partial charge in [-0.1, -0.05) is 127 Å². The molecule has 0 saturated heterocycles. The molecule has 51 heavy (non-hydrogen) atoms. The highest BCUT2D eigenvalue weighted by Crippen LogP contribution is 2.43. The summed E-state index contributed by atoms with van der Waals surface area (Å²) < 4.78 is 32.6. The maximum atomic E-state index is 12.6. The molecule has 0 aromatic carbocycles. The van der Waals surface area contributed by atoms with E-state index in [9.17, 15) is 24.2 Å². The van der Waals surface area contributed by atoms with E-state index in [1.54, 1.807) is 0 Å². The van der Waals surface area contributed by atoms with Gasteiger partial charge in [0.1, 0.15) is 12.7 Å². The van der Waals surface area contributed by atoms with E-state index in [0.29, 0.717) is 12.8 Å². The molecule has 296 valence electrons. The molecular formula is C40H71O10P. The normalized spacial score (nSPS) is 14.5. The summed E-state index contributed by atoms with van der Waals surface area (Å²) in [5, 5.41) is 18.3. The number of allylic oxidation sites excluding steroid dienone is 8. The molecule has 0 fully saturated rings. The molecule has 0 aromatic rings. The van der Waals surface area contributed by atoms with E-state index in [-0.39, 0.29) is 19.4 Å². The number of phosphoric acid groups is 1. The van der Waals surface area contributed by atoms with Crippen molar-refractivity contribution in [1.29, 1.82) is 0 Å². The van der Waals surface area contributed by atoms with Gasteiger partial charge < -0.3 is 24.6 Å². The van der Waals surface area contributed by atoms with Crippen molar-refractivity contribution in [2.45, 2.75) is 167 Å². The Bertz CT molecular complexity index is 994. The number of unbranched alkanes of at least 4 members (excludes halogenated alkanes) is 14. The molecule has 0 heterocycles. The summed E-state index contributed by atoms with van der Waals surface area (Å²) in [5.74, 6) is -0.952. The van der Waals surface area contributed by atoms with Crippen molar-refractivity contribution in [2.24, 2.45) is 0 Å². The molecule has 0 aromatic heterocycles. The lowest BCUT2D eigenvalue weighted by Gasteiger charge is -2.20. The van der Waals surface area contributed by atoms with E-state index in [1.165, 1.54) is 25.7 Å². The molecule has 3 N–H and O–H groups in total. The topological polar surface area (TPSA) is 149 Å². The molecule has 0 bridgehead atoms. The van der Waals surface area contributed by atoms with E-state index in [2.05, 4.69) is 67.0 Å². The zero-order chi connectivity index (χ0) is 37.7. The molecule has 0 aliphatic rings. The summed E-state index contributed by atoms with van der Waals surface area (Å²) >= 11 is 0. The number of ether oxygens (including phenoxy) is 2. The molecule has 11 heteroatoms. The highest BCUT2D eigenvalue weighted by molar-refractivity contribution is 7.47. The minimum Gasteiger partial charge on any atom is -0.462 e. The van der Waals surface area contributed by atoms with Crippen molar-refractivity contribution >= 4 is 19.8 Å². The van der Waals surface area contributed by atoms with Gasteiger partial charge in [-0.15, -0.1) is 0 Å². The third-order valence-corrected chi connectivity index (χ3v) is 8.92. The van der Waals surface area contributed by atoms with Gasteiger partial charge in [-0.25, -0.2) is 4.57 Å². The van der Waals surface area contributed by atoms with Gasteiger partial charge in [0, 0.05) is 12.8 Å². The molecule has 0 aliphatic carbocycles. The molecule has 3 atom stereocenters. The van der Waals surface area contributed by atoms with Gasteiger partial charge in [-0.05, 0) is 64.2 Å². The van der Waals surface area contributed by atoms with Crippen molar-refractivity contribution in [3.05, 3.63) is 48.6 Å². The number of rotatable bonds is 36. The minimum absolute atomic E-state index is 0.170. The lowest BCUT2D eigenvalue weighted by atomic mass is 10.1. The van der Waals surface area contributed by atoms with E-state index in [1.807, 2.05) is 0 Å². The largest absolute Gasteiger partial charge is 0.472 e.